The summed E-state index contributed by atoms with van der Waals surface area (Å²) in [5.74, 6) is 0.887. The van der Waals surface area contributed by atoms with Crippen LogP contribution in [0.25, 0.3) is 43.0 Å². The first-order valence-electron chi connectivity index (χ1n) is 13.6. The Bertz CT molecular complexity index is 1620. The van der Waals surface area contributed by atoms with Crippen molar-refractivity contribution in [2.24, 2.45) is 0 Å². The van der Waals surface area contributed by atoms with Crippen LogP contribution in [0.4, 0.5) is 0 Å². The maximum atomic E-state index is 10.0. The average Bonchev–Trinajstić information content (AvgIpc) is 3.36. The minimum absolute atomic E-state index is 0. The maximum absolute atomic E-state index is 10.0. The van der Waals surface area contributed by atoms with Crippen LogP contribution in [0.1, 0.15) is 64.5 Å². The number of nitrogens with zero attached hydrogens (tertiary/aromatic N) is 1. The largest absolute Gasteiger partial charge is 0.512 e. The summed E-state index contributed by atoms with van der Waals surface area (Å²) in [5, 5.41) is 8.36. The fourth-order valence-electron chi connectivity index (χ4n) is 4.75. The van der Waals surface area contributed by atoms with Crippen LogP contribution in [0.2, 0.25) is 0 Å². The van der Waals surface area contributed by atoms with Crippen LogP contribution in [0.5, 0.6) is 0 Å². The van der Waals surface area contributed by atoms with E-state index in [0.717, 1.165) is 16.8 Å². The number of rotatable bonds is 6. The maximum Gasteiger partial charge on any atom is 0.155 e. The summed E-state index contributed by atoms with van der Waals surface area (Å²) >= 11 is 1.84. The monoisotopic (exact) mass is 739 g/mol. The van der Waals surface area contributed by atoms with E-state index in [-0.39, 0.29) is 31.6 Å². The third-order valence-corrected chi connectivity index (χ3v) is 7.70. The molecule has 3 aromatic carbocycles. The molecule has 0 amide bonds. The van der Waals surface area contributed by atoms with Crippen molar-refractivity contribution >= 4 is 27.3 Å². The van der Waals surface area contributed by atoms with Gasteiger partial charge in [-0.2, -0.15) is 0 Å². The van der Waals surface area contributed by atoms with Crippen molar-refractivity contribution in [3.8, 4) is 32.8 Å². The van der Waals surface area contributed by atoms with E-state index in [2.05, 4.69) is 107 Å². The van der Waals surface area contributed by atoms with E-state index in [0.29, 0.717) is 11.8 Å². The molecule has 0 atom stereocenters. The zero-order valence-corrected chi connectivity index (χ0v) is 27.6. The van der Waals surface area contributed by atoms with Crippen molar-refractivity contribution in [1.82, 2.24) is 4.98 Å². The van der Waals surface area contributed by atoms with Crippen LogP contribution in [-0.4, -0.2) is 15.9 Å². The summed E-state index contributed by atoms with van der Waals surface area (Å²) in [6.07, 6.45) is 1.17. The van der Waals surface area contributed by atoms with Crippen LogP contribution in [0.3, 0.4) is 0 Å². The van der Waals surface area contributed by atoms with Crippen LogP contribution in [0.15, 0.2) is 96.8 Å². The molecule has 0 saturated carbocycles. The molecule has 5 rings (SSSR count). The van der Waals surface area contributed by atoms with Gasteiger partial charge in [0.2, 0.25) is 0 Å². The van der Waals surface area contributed by atoms with E-state index in [4.69, 9.17) is 10.1 Å². The van der Waals surface area contributed by atoms with Gasteiger partial charge in [-0.05, 0) is 65.8 Å². The van der Waals surface area contributed by atoms with Crippen molar-refractivity contribution in [2.45, 2.75) is 53.4 Å². The van der Waals surface area contributed by atoms with Gasteiger partial charge in [0.15, 0.2) is 5.78 Å². The van der Waals surface area contributed by atoms with E-state index in [9.17, 15) is 4.79 Å². The molecule has 0 unspecified atom stereocenters. The first-order chi connectivity index (χ1) is 19.1. The number of hydrogen-bond acceptors (Lipinski definition) is 4. The Morgan fingerprint density at radius 1 is 0.854 bits per heavy atom. The second-order valence-corrected chi connectivity index (χ2v) is 11.6. The summed E-state index contributed by atoms with van der Waals surface area (Å²) in [6.45, 7) is 12.0. The van der Waals surface area contributed by atoms with E-state index in [1.807, 2.05) is 23.5 Å². The molecule has 213 valence electrons. The van der Waals surface area contributed by atoms with Crippen molar-refractivity contribution in [2.75, 3.05) is 0 Å². The van der Waals surface area contributed by atoms with E-state index < -0.39 is 0 Å². The fourth-order valence-corrected chi connectivity index (χ4v) is 5.84. The summed E-state index contributed by atoms with van der Waals surface area (Å²) < 4.78 is 1.22. The number of carbonyl (C=O) groups excluding carboxylic acids is 1. The minimum atomic E-state index is -0.125. The Balaban J connectivity index is 0.000000516. The van der Waals surface area contributed by atoms with Gasteiger partial charge in [-0.15, -0.1) is 46.7 Å². The number of hydrogen-bond donors (Lipinski definition) is 1. The number of aliphatic hydroxyl groups excluding tert-OH is 1. The second-order valence-electron chi connectivity index (χ2n) is 10.6. The van der Waals surface area contributed by atoms with E-state index in [1.54, 1.807) is 0 Å². The Morgan fingerprint density at radius 2 is 1.51 bits per heavy atom. The first kappa shape index (κ1) is 32.1. The Kier molecular flexibility index (Phi) is 11.4. The molecule has 1 N–H and O–H groups in total. The molecule has 3 nitrogen and oxygen atoms in total. The smallest absolute Gasteiger partial charge is 0.155 e. The molecular formula is C36H36IrNO2S-. The number of benzene rings is 3. The molecule has 0 aliphatic heterocycles. The summed E-state index contributed by atoms with van der Waals surface area (Å²) in [6, 6.07) is 33.5. The van der Waals surface area contributed by atoms with Crippen molar-refractivity contribution < 1.29 is 30.0 Å². The molecule has 0 aliphatic rings. The van der Waals surface area contributed by atoms with Gasteiger partial charge in [0, 0.05) is 31.1 Å². The van der Waals surface area contributed by atoms with Gasteiger partial charge in [0.1, 0.15) is 0 Å². The van der Waals surface area contributed by atoms with Gasteiger partial charge in [-0.25, -0.2) is 0 Å². The second kappa shape index (κ2) is 14.5. The number of aromatic nitrogens is 1. The molecular weight excluding hydrogens is 703 g/mol. The third-order valence-electron chi connectivity index (χ3n) is 6.59. The third kappa shape index (κ3) is 8.10. The quantitative estimate of drug-likeness (QED) is 0.107. The zero-order valence-electron chi connectivity index (χ0n) is 24.4. The van der Waals surface area contributed by atoms with Crippen LogP contribution in [0, 0.1) is 6.07 Å². The van der Waals surface area contributed by atoms with Gasteiger partial charge in [0.05, 0.1) is 16.0 Å². The average molecular weight is 739 g/mol. The molecule has 0 saturated heterocycles. The number of pyridine rings is 1. The van der Waals surface area contributed by atoms with Crippen LogP contribution in [-0.2, 0) is 24.9 Å². The molecule has 2 aromatic heterocycles. The first-order valence-corrected chi connectivity index (χ1v) is 14.4. The fraction of sp³-hybridized carbons (Fsp3) is 0.222. The zero-order chi connectivity index (χ0) is 28.8. The van der Waals surface area contributed by atoms with Gasteiger partial charge >= 0.3 is 0 Å². The minimum Gasteiger partial charge on any atom is -0.512 e. The number of allylic oxidation sites excluding steroid dienone is 2. The normalized spacial score (nSPS) is 11.3. The molecule has 0 fully saturated rings. The van der Waals surface area contributed by atoms with Crippen molar-refractivity contribution in [3.05, 3.63) is 114 Å². The molecule has 2 heterocycles. The van der Waals surface area contributed by atoms with Crippen LogP contribution >= 0.6 is 11.3 Å². The Labute approximate surface area is 261 Å². The van der Waals surface area contributed by atoms with E-state index in [1.165, 1.54) is 57.3 Å². The summed E-state index contributed by atoms with van der Waals surface area (Å²) in [5.41, 5.74) is 9.66. The van der Waals surface area contributed by atoms with Gasteiger partial charge in [-0.1, -0.05) is 82.3 Å². The Morgan fingerprint density at radius 3 is 2.07 bits per heavy atom. The molecule has 1 radical (unpaired) electrons. The number of aliphatic hydroxyl groups is 1. The van der Waals surface area contributed by atoms with Gasteiger partial charge < -0.3 is 5.11 Å². The van der Waals surface area contributed by atoms with E-state index >= 15 is 0 Å². The number of thiophene rings is 1. The molecule has 0 bridgehead atoms. The van der Waals surface area contributed by atoms with Crippen molar-refractivity contribution in [3.63, 3.8) is 0 Å². The predicted octanol–water partition coefficient (Wildman–Crippen LogP) is 10.4. The number of ketones is 1. The molecule has 0 spiro atoms. The summed E-state index contributed by atoms with van der Waals surface area (Å²) in [4.78, 5) is 16.4. The Hall–Kier alpha value is -3.37. The summed E-state index contributed by atoms with van der Waals surface area (Å²) in [7, 11) is 0. The molecule has 41 heavy (non-hydrogen) atoms. The SMILES string of the molecule is CC(=O)/C=C(/C)O.CC(C)c1cccc(C(C)C)c1-c1cc2nc(-c3[c-]ccc(-c4ccccc4)c3)ccc2s1.[Ir]. The molecule has 0 aliphatic carbocycles. The number of fused-ring (bicyclic) bond motifs is 1. The molecule has 5 heteroatoms. The van der Waals surface area contributed by atoms with Gasteiger partial charge in [0.25, 0.3) is 0 Å². The molecule has 5 aromatic rings. The predicted molar refractivity (Wildman–Crippen MR) is 170 cm³/mol. The van der Waals surface area contributed by atoms with Crippen LogP contribution < -0.4 is 0 Å². The van der Waals surface area contributed by atoms with Crippen molar-refractivity contribution in [1.29, 1.82) is 0 Å². The topological polar surface area (TPSA) is 50.2 Å². The van der Waals surface area contributed by atoms with Gasteiger partial charge in [-0.3, -0.25) is 9.78 Å². The standard InChI is InChI=1S/C31H28NS.C5H8O2.Ir/c1-20(2)25-14-9-15-26(21(3)4)31(25)30-19-28-29(33-30)17-16-27(32-28)24-13-8-12-23(18-24)22-10-6-5-7-11-22;1-4(6)3-5(2)7;/h5-12,14-21H,1-4H3;3,6H,1-2H3;/q-1;;/b;4-3-;. The number of carbonyl (C=O) groups is 1.